The van der Waals surface area contributed by atoms with E-state index in [0.717, 1.165) is 11.3 Å². The fourth-order valence-electron chi connectivity index (χ4n) is 2.65. The number of rotatable bonds is 7. The number of ether oxygens (including phenoxy) is 1. The number of benzene rings is 1. The predicted molar refractivity (Wildman–Crippen MR) is 118 cm³/mol. The van der Waals surface area contributed by atoms with E-state index in [1.165, 1.54) is 29.9 Å². The molecule has 0 unspecified atom stereocenters. The number of aromatic nitrogens is 3. The Hall–Kier alpha value is -2.97. The van der Waals surface area contributed by atoms with Crippen LogP contribution in [0.2, 0.25) is 5.15 Å². The van der Waals surface area contributed by atoms with Crippen LogP contribution in [-0.2, 0) is 27.5 Å². The molecule has 0 atom stereocenters. The molecule has 2 heterocycles. The number of anilines is 1. The highest BCUT2D eigenvalue weighted by molar-refractivity contribution is 7.13. The molecule has 1 aromatic carbocycles. The number of nitrogens with one attached hydrogen (secondary N) is 1. The van der Waals surface area contributed by atoms with Crippen molar-refractivity contribution in [3.8, 4) is 0 Å². The van der Waals surface area contributed by atoms with Crippen molar-refractivity contribution in [2.75, 3.05) is 5.32 Å². The molecule has 3 rings (SSSR count). The zero-order valence-corrected chi connectivity index (χ0v) is 18.4. The van der Waals surface area contributed by atoms with Crippen LogP contribution in [0.15, 0.2) is 35.7 Å². The molecule has 0 aliphatic heterocycles. The highest BCUT2D eigenvalue weighted by atomic mass is 35.5. The van der Waals surface area contributed by atoms with Gasteiger partial charge in [-0.15, -0.1) is 11.3 Å². The molecule has 0 saturated heterocycles. The van der Waals surface area contributed by atoms with Crippen LogP contribution in [0.4, 0.5) is 5.13 Å². The fourth-order valence-corrected chi connectivity index (χ4v) is 3.69. The van der Waals surface area contributed by atoms with Crippen molar-refractivity contribution in [3.05, 3.63) is 69.0 Å². The second kappa shape index (κ2) is 9.69. The molecule has 3 aromatic rings. The number of thiazole rings is 1. The zero-order chi connectivity index (χ0) is 21.7. The summed E-state index contributed by atoms with van der Waals surface area (Å²) in [6, 6.07) is 8.15. The fraction of sp³-hybridized carbons (Fsp3) is 0.238. The molecule has 0 aliphatic rings. The lowest BCUT2D eigenvalue weighted by atomic mass is 10.1. The standard InChI is InChI=1S/C21H21ClN4O3S/c1-13-4-6-16(7-5-13)10-26-20(22)18(14(2)25-26)8-9-19(28)29-11-17-12-30-21(24-17)23-15(3)27/h4-9,12H,10-11H2,1-3H3,(H,23,24,27)/b9-8+. The Kier molecular flexibility index (Phi) is 7.02. The van der Waals surface area contributed by atoms with Crippen LogP contribution >= 0.6 is 22.9 Å². The van der Waals surface area contributed by atoms with Crippen molar-refractivity contribution in [2.24, 2.45) is 0 Å². The number of halogens is 1. The minimum atomic E-state index is -0.522. The molecule has 30 heavy (non-hydrogen) atoms. The van der Waals surface area contributed by atoms with Gasteiger partial charge in [0.15, 0.2) is 5.13 Å². The summed E-state index contributed by atoms with van der Waals surface area (Å²) in [5.41, 5.74) is 4.22. The molecular weight excluding hydrogens is 424 g/mol. The summed E-state index contributed by atoms with van der Waals surface area (Å²) in [4.78, 5) is 27.2. The van der Waals surface area contributed by atoms with Crippen molar-refractivity contribution in [1.82, 2.24) is 14.8 Å². The summed E-state index contributed by atoms with van der Waals surface area (Å²) in [5, 5.41) is 9.69. The number of carbonyl (C=O) groups is 2. The number of amides is 1. The van der Waals surface area contributed by atoms with Gasteiger partial charge in [0.2, 0.25) is 5.91 Å². The van der Waals surface area contributed by atoms with E-state index >= 15 is 0 Å². The first kappa shape index (κ1) is 21.7. The number of esters is 1. The Morgan fingerprint density at radius 2 is 2.00 bits per heavy atom. The molecule has 2 aromatic heterocycles. The molecule has 7 nitrogen and oxygen atoms in total. The highest BCUT2D eigenvalue weighted by Crippen LogP contribution is 2.22. The molecule has 0 saturated carbocycles. The largest absolute Gasteiger partial charge is 0.456 e. The van der Waals surface area contributed by atoms with Gasteiger partial charge >= 0.3 is 5.97 Å². The van der Waals surface area contributed by atoms with Crippen LogP contribution in [-0.4, -0.2) is 26.6 Å². The van der Waals surface area contributed by atoms with E-state index in [2.05, 4.69) is 15.4 Å². The van der Waals surface area contributed by atoms with E-state index in [9.17, 15) is 9.59 Å². The summed E-state index contributed by atoms with van der Waals surface area (Å²) in [5.74, 6) is -0.725. The van der Waals surface area contributed by atoms with Crippen LogP contribution in [0, 0.1) is 13.8 Å². The maximum atomic E-state index is 12.1. The maximum Gasteiger partial charge on any atom is 0.331 e. The second-order valence-electron chi connectivity index (χ2n) is 6.70. The summed E-state index contributed by atoms with van der Waals surface area (Å²) < 4.78 is 6.90. The third-order valence-corrected chi connectivity index (χ3v) is 5.35. The van der Waals surface area contributed by atoms with Crippen LogP contribution in [0.25, 0.3) is 6.08 Å². The van der Waals surface area contributed by atoms with Gasteiger partial charge < -0.3 is 10.1 Å². The SMILES string of the molecule is CC(=O)Nc1nc(COC(=O)/C=C/c2c(C)nn(Cc3ccc(C)cc3)c2Cl)cs1. The monoisotopic (exact) mass is 444 g/mol. The normalized spacial score (nSPS) is 11.1. The van der Waals surface area contributed by atoms with Gasteiger partial charge in [0, 0.05) is 23.9 Å². The van der Waals surface area contributed by atoms with Crippen LogP contribution in [0.3, 0.4) is 0 Å². The number of carbonyl (C=O) groups excluding carboxylic acids is 2. The highest BCUT2D eigenvalue weighted by Gasteiger charge is 2.12. The Morgan fingerprint density at radius 3 is 2.70 bits per heavy atom. The summed E-state index contributed by atoms with van der Waals surface area (Å²) in [6.07, 6.45) is 2.91. The van der Waals surface area contributed by atoms with Gasteiger partial charge in [0.1, 0.15) is 11.8 Å². The Morgan fingerprint density at radius 1 is 1.27 bits per heavy atom. The molecular formula is C21H21ClN4O3S. The van der Waals surface area contributed by atoms with E-state index < -0.39 is 5.97 Å². The van der Waals surface area contributed by atoms with Crippen molar-refractivity contribution in [1.29, 1.82) is 0 Å². The lowest BCUT2D eigenvalue weighted by Crippen LogP contribution is -2.06. The van der Waals surface area contributed by atoms with Gasteiger partial charge in [-0.2, -0.15) is 5.10 Å². The van der Waals surface area contributed by atoms with Crippen LogP contribution < -0.4 is 5.32 Å². The number of nitrogens with zero attached hydrogens (tertiary/aromatic N) is 3. The smallest absolute Gasteiger partial charge is 0.331 e. The van der Waals surface area contributed by atoms with Gasteiger partial charge in [-0.05, 0) is 25.5 Å². The molecule has 9 heteroatoms. The summed E-state index contributed by atoms with van der Waals surface area (Å²) in [7, 11) is 0. The number of hydrogen-bond donors (Lipinski definition) is 1. The molecule has 1 N–H and O–H groups in total. The average molecular weight is 445 g/mol. The maximum absolute atomic E-state index is 12.1. The Labute approximate surface area is 183 Å². The Balaban J connectivity index is 1.60. The lowest BCUT2D eigenvalue weighted by Gasteiger charge is -2.04. The minimum Gasteiger partial charge on any atom is -0.456 e. The van der Waals surface area contributed by atoms with Crippen LogP contribution in [0.5, 0.6) is 0 Å². The molecule has 0 bridgehead atoms. The van der Waals surface area contributed by atoms with Gasteiger partial charge in [-0.25, -0.2) is 14.5 Å². The first-order valence-electron chi connectivity index (χ1n) is 9.17. The predicted octanol–water partition coefficient (Wildman–Crippen LogP) is 4.37. The van der Waals surface area contributed by atoms with Crippen molar-refractivity contribution in [3.63, 3.8) is 0 Å². The van der Waals surface area contributed by atoms with Gasteiger partial charge in [0.25, 0.3) is 0 Å². The van der Waals surface area contributed by atoms with Gasteiger partial charge in [-0.1, -0.05) is 41.4 Å². The van der Waals surface area contributed by atoms with E-state index in [0.29, 0.717) is 28.1 Å². The number of aryl methyl sites for hydroxylation is 2. The molecule has 0 fully saturated rings. The molecule has 0 radical (unpaired) electrons. The molecule has 0 spiro atoms. The summed E-state index contributed by atoms with van der Waals surface area (Å²) >= 11 is 7.73. The van der Waals surface area contributed by atoms with Crippen molar-refractivity contribution in [2.45, 2.75) is 33.9 Å². The Bertz CT molecular complexity index is 1090. The zero-order valence-electron chi connectivity index (χ0n) is 16.8. The lowest BCUT2D eigenvalue weighted by molar-refractivity contribution is -0.139. The van der Waals surface area contributed by atoms with E-state index in [1.54, 1.807) is 16.1 Å². The third kappa shape index (κ3) is 5.77. The first-order valence-corrected chi connectivity index (χ1v) is 10.4. The third-order valence-electron chi connectivity index (χ3n) is 4.15. The molecule has 1 amide bonds. The number of hydrogen-bond acceptors (Lipinski definition) is 6. The summed E-state index contributed by atoms with van der Waals surface area (Å²) in [6.45, 7) is 5.83. The average Bonchev–Trinajstić information content (AvgIpc) is 3.24. The minimum absolute atomic E-state index is 0.0126. The van der Waals surface area contributed by atoms with Gasteiger partial charge in [-0.3, -0.25) is 4.79 Å². The second-order valence-corrected chi connectivity index (χ2v) is 7.92. The van der Waals surface area contributed by atoms with E-state index in [-0.39, 0.29) is 12.5 Å². The first-order chi connectivity index (χ1) is 14.3. The van der Waals surface area contributed by atoms with E-state index in [1.807, 2.05) is 38.1 Å². The van der Waals surface area contributed by atoms with E-state index in [4.69, 9.17) is 16.3 Å². The quantitative estimate of drug-likeness (QED) is 0.432. The van der Waals surface area contributed by atoms with Gasteiger partial charge in [0.05, 0.1) is 17.9 Å². The molecule has 156 valence electrons. The molecule has 0 aliphatic carbocycles. The topological polar surface area (TPSA) is 86.1 Å². The van der Waals surface area contributed by atoms with Crippen molar-refractivity contribution < 1.29 is 14.3 Å². The van der Waals surface area contributed by atoms with Crippen LogP contribution in [0.1, 0.15) is 35.0 Å². The van der Waals surface area contributed by atoms with Crippen molar-refractivity contribution >= 4 is 46.0 Å².